The molecule has 1 rings (SSSR count). The molecule has 4 atom stereocenters. The van der Waals surface area contributed by atoms with Gasteiger partial charge >= 0.3 is 5.97 Å². The van der Waals surface area contributed by atoms with E-state index in [9.17, 15) is 20.1 Å². The molecule has 0 amide bonds. The zero-order chi connectivity index (χ0) is 15.7. The standard InChI is InChI=1S/C16H28O5/c1-2-3-4-5-6-7-13-11-15(19)14(18)9-8-12(17)10-16(20)21-13/h8-9,12-15,17-19H,2-7,10-11H2,1H3/t12-,13-,14-,15+/m1/s1. The summed E-state index contributed by atoms with van der Waals surface area (Å²) in [5.41, 5.74) is 0. The molecule has 0 saturated carbocycles. The van der Waals surface area contributed by atoms with E-state index >= 15 is 0 Å². The van der Waals surface area contributed by atoms with Crippen LogP contribution in [0.4, 0.5) is 0 Å². The van der Waals surface area contributed by atoms with E-state index in [4.69, 9.17) is 4.74 Å². The highest BCUT2D eigenvalue weighted by atomic mass is 16.5. The van der Waals surface area contributed by atoms with Gasteiger partial charge in [0.1, 0.15) is 6.10 Å². The van der Waals surface area contributed by atoms with Crippen molar-refractivity contribution in [1.82, 2.24) is 0 Å². The van der Waals surface area contributed by atoms with Crippen molar-refractivity contribution in [2.75, 3.05) is 0 Å². The Morgan fingerprint density at radius 3 is 2.57 bits per heavy atom. The Balaban J connectivity index is 2.52. The van der Waals surface area contributed by atoms with Gasteiger partial charge in [-0.15, -0.1) is 0 Å². The fourth-order valence-electron chi connectivity index (χ4n) is 2.45. The minimum absolute atomic E-state index is 0.119. The lowest BCUT2D eigenvalue weighted by atomic mass is 9.99. The largest absolute Gasteiger partial charge is 0.462 e. The predicted octanol–water partition coefficient (Wildman–Crippen LogP) is 1.69. The minimum atomic E-state index is -1.04. The summed E-state index contributed by atoms with van der Waals surface area (Å²) in [7, 11) is 0. The van der Waals surface area contributed by atoms with E-state index in [0.717, 1.165) is 19.3 Å². The maximum atomic E-state index is 11.7. The summed E-state index contributed by atoms with van der Waals surface area (Å²) in [4.78, 5) is 11.7. The van der Waals surface area contributed by atoms with E-state index in [0.29, 0.717) is 6.42 Å². The van der Waals surface area contributed by atoms with Crippen LogP contribution in [0.1, 0.15) is 58.3 Å². The van der Waals surface area contributed by atoms with Crippen molar-refractivity contribution in [2.24, 2.45) is 0 Å². The Hall–Kier alpha value is -0.910. The van der Waals surface area contributed by atoms with Crippen LogP contribution in [0.25, 0.3) is 0 Å². The molecule has 0 fully saturated rings. The van der Waals surface area contributed by atoms with Gasteiger partial charge in [-0.25, -0.2) is 0 Å². The second-order valence-electron chi connectivity index (χ2n) is 5.76. The average molecular weight is 300 g/mol. The molecule has 0 spiro atoms. The van der Waals surface area contributed by atoms with Crippen LogP contribution in [0.2, 0.25) is 0 Å². The number of carbonyl (C=O) groups is 1. The average Bonchev–Trinajstić information content (AvgIpc) is 2.43. The Morgan fingerprint density at radius 2 is 1.86 bits per heavy atom. The second-order valence-corrected chi connectivity index (χ2v) is 5.76. The Labute approximate surface area is 126 Å². The summed E-state index contributed by atoms with van der Waals surface area (Å²) in [5, 5.41) is 29.2. The molecule has 0 aromatic heterocycles. The highest BCUT2D eigenvalue weighted by Gasteiger charge is 2.24. The summed E-state index contributed by atoms with van der Waals surface area (Å²) in [6.45, 7) is 2.15. The molecule has 1 aliphatic heterocycles. The van der Waals surface area contributed by atoms with Crippen molar-refractivity contribution in [2.45, 2.75) is 82.7 Å². The number of hydrogen-bond donors (Lipinski definition) is 3. The van der Waals surface area contributed by atoms with Crippen molar-refractivity contribution in [3.05, 3.63) is 12.2 Å². The van der Waals surface area contributed by atoms with Crippen LogP contribution >= 0.6 is 0 Å². The second kappa shape index (κ2) is 9.92. The summed E-state index contributed by atoms with van der Waals surface area (Å²) in [5.74, 6) is -0.464. The number of ether oxygens (including phenoxy) is 1. The molecule has 3 N–H and O–H groups in total. The molecule has 0 radical (unpaired) electrons. The number of hydrogen-bond acceptors (Lipinski definition) is 5. The van der Waals surface area contributed by atoms with E-state index in [1.165, 1.54) is 25.0 Å². The van der Waals surface area contributed by atoms with E-state index in [1.54, 1.807) is 0 Å². The molecule has 0 bridgehead atoms. The number of unbranched alkanes of at least 4 members (excludes halogenated alkanes) is 4. The number of aliphatic hydroxyl groups excluding tert-OH is 3. The van der Waals surface area contributed by atoms with Crippen LogP contribution in [0, 0.1) is 0 Å². The van der Waals surface area contributed by atoms with Gasteiger partial charge in [-0.05, 0) is 12.8 Å². The molecule has 1 heterocycles. The van der Waals surface area contributed by atoms with Crippen molar-refractivity contribution < 1.29 is 24.9 Å². The molecule has 0 aromatic rings. The van der Waals surface area contributed by atoms with Gasteiger partial charge in [0.2, 0.25) is 0 Å². The monoisotopic (exact) mass is 300 g/mol. The van der Waals surface area contributed by atoms with Gasteiger partial charge in [-0.3, -0.25) is 4.79 Å². The number of cyclic esters (lactones) is 1. The lowest BCUT2D eigenvalue weighted by Crippen LogP contribution is -2.33. The molecule has 0 saturated heterocycles. The first-order chi connectivity index (χ1) is 10.0. The summed E-state index contributed by atoms with van der Waals surface area (Å²) >= 11 is 0. The SMILES string of the molecule is CCCCCCC[C@@H]1C[C@H](O)[C@H](O)C=C[C@@H](O)CC(=O)O1. The maximum Gasteiger partial charge on any atom is 0.309 e. The third kappa shape index (κ3) is 7.60. The fourth-order valence-corrected chi connectivity index (χ4v) is 2.45. The third-order valence-electron chi connectivity index (χ3n) is 3.73. The zero-order valence-electron chi connectivity index (χ0n) is 12.8. The summed E-state index contributed by atoms with van der Waals surface area (Å²) in [6, 6.07) is 0. The van der Waals surface area contributed by atoms with Crippen molar-refractivity contribution in [3.63, 3.8) is 0 Å². The van der Waals surface area contributed by atoms with Gasteiger partial charge in [-0.2, -0.15) is 0 Å². The van der Waals surface area contributed by atoms with Gasteiger partial charge in [0.15, 0.2) is 0 Å². The molecule has 5 nitrogen and oxygen atoms in total. The fraction of sp³-hybridized carbons (Fsp3) is 0.812. The molecule has 122 valence electrons. The van der Waals surface area contributed by atoms with Crippen LogP contribution in [0.3, 0.4) is 0 Å². The first kappa shape index (κ1) is 18.1. The topological polar surface area (TPSA) is 87.0 Å². The van der Waals surface area contributed by atoms with Crippen LogP contribution < -0.4 is 0 Å². The van der Waals surface area contributed by atoms with Gasteiger partial charge in [0.25, 0.3) is 0 Å². The van der Waals surface area contributed by atoms with Gasteiger partial charge in [-0.1, -0.05) is 44.8 Å². The predicted molar refractivity (Wildman–Crippen MR) is 79.7 cm³/mol. The zero-order valence-corrected chi connectivity index (χ0v) is 12.8. The summed E-state index contributed by atoms with van der Waals surface area (Å²) in [6.07, 6.45) is 5.56. The van der Waals surface area contributed by atoms with E-state index in [-0.39, 0.29) is 12.8 Å². The molecule has 0 aromatic carbocycles. The molecular weight excluding hydrogens is 272 g/mol. The number of rotatable bonds is 6. The van der Waals surface area contributed by atoms with Crippen molar-refractivity contribution in [3.8, 4) is 0 Å². The van der Waals surface area contributed by atoms with Gasteiger partial charge in [0.05, 0.1) is 24.7 Å². The number of esters is 1. The lowest BCUT2D eigenvalue weighted by Gasteiger charge is -2.24. The van der Waals surface area contributed by atoms with Crippen LogP contribution in [-0.4, -0.2) is 45.7 Å². The maximum absolute atomic E-state index is 11.7. The minimum Gasteiger partial charge on any atom is -0.462 e. The third-order valence-corrected chi connectivity index (χ3v) is 3.73. The molecule has 1 aliphatic rings. The lowest BCUT2D eigenvalue weighted by molar-refractivity contribution is -0.153. The molecule has 0 aliphatic carbocycles. The molecule has 5 heteroatoms. The van der Waals surface area contributed by atoms with E-state index in [2.05, 4.69) is 6.92 Å². The normalized spacial score (nSPS) is 31.0. The first-order valence-corrected chi connectivity index (χ1v) is 7.95. The van der Waals surface area contributed by atoms with Gasteiger partial charge < -0.3 is 20.1 Å². The molecule has 21 heavy (non-hydrogen) atoms. The molecular formula is C16H28O5. The quantitative estimate of drug-likeness (QED) is 0.395. The van der Waals surface area contributed by atoms with Crippen LogP contribution in [0.15, 0.2) is 12.2 Å². The highest BCUT2D eigenvalue weighted by molar-refractivity contribution is 5.70. The Bertz CT molecular complexity index is 329. The van der Waals surface area contributed by atoms with Crippen LogP contribution in [-0.2, 0) is 9.53 Å². The van der Waals surface area contributed by atoms with Crippen molar-refractivity contribution in [1.29, 1.82) is 0 Å². The Kier molecular flexibility index (Phi) is 8.57. The van der Waals surface area contributed by atoms with E-state index < -0.39 is 30.4 Å². The summed E-state index contributed by atoms with van der Waals surface area (Å²) < 4.78 is 5.32. The smallest absolute Gasteiger partial charge is 0.309 e. The number of carbonyl (C=O) groups excluding carboxylic acids is 1. The Morgan fingerprint density at radius 1 is 1.14 bits per heavy atom. The van der Waals surface area contributed by atoms with Crippen molar-refractivity contribution >= 4 is 5.97 Å². The van der Waals surface area contributed by atoms with Crippen LogP contribution in [0.5, 0.6) is 0 Å². The number of aliphatic hydroxyl groups is 3. The first-order valence-electron chi connectivity index (χ1n) is 7.95. The molecule has 0 unspecified atom stereocenters. The van der Waals surface area contributed by atoms with Gasteiger partial charge in [0, 0.05) is 6.42 Å². The highest BCUT2D eigenvalue weighted by Crippen LogP contribution is 2.18. The van der Waals surface area contributed by atoms with E-state index in [1.807, 2.05) is 0 Å².